The summed E-state index contributed by atoms with van der Waals surface area (Å²) in [5.74, 6) is 0.0901. The molecule has 1 aromatic heterocycles. The van der Waals surface area contributed by atoms with Gasteiger partial charge in [-0.1, -0.05) is 31.4 Å². The fourth-order valence-electron chi connectivity index (χ4n) is 3.28. The molecular weight excluding hydrogens is 336 g/mol. The Hall–Kier alpha value is -1.80. The van der Waals surface area contributed by atoms with Crippen molar-refractivity contribution < 1.29 is 17.2 Å². The summed E-state index contributed by atoms with van der Waals surface area (Å²) in [6.07, 6.45) is 2.22. The molecule has 0 saturated heterocycles. The molecule has 0 spiro atoms. The standard InChI is InChI=1S/C16H19F2N3O2S/c17-16(18)12-10-14(11-6-2-1-3-7-11)21(20-12)13-8-4-5-9-15(13)24(19,22)23/h4-5,8-11,16H,1-3,6-7H2,(H2,19,22,23). The molecule has 0 bridgehead atoms. The average Bonchev–Trinajstić information content (AvgIpc) is 3.00. The first-order valence-electron chi connectivity index (χ1n) is 7.88. The van der Waals surface area contributed by atoms with Gasteiger partial charge in [0.15, 0.2) is 0 Å². The topological polar surface area (TPSA) is 78.0 Å². The molecule has 1 heterocycles. The SMILES string of the molecule is NS(=O)(=O)c1ccccc1-n1nc(C(F)F)cc1C1CCCCC1. The monoisotopic (exact) mass is 355 g/mol. The number of nitrogens with zero attached hydrogens (tertiary/aromatic N) is 2. The van der Waals surface area contributed by atoms with Crippen molar-refractivity contribution in [2.24, 2.45) is 5.14 Å². The van der Waals surface area contributed by atoms with Crippen LogP contribution in [0.25, 0.3) is 5.69 Å². The summed E-state index contributed by atoms with van der Waals surface area (Å²) in [4.78, 5) is -0.119. The number of aromatic nitrogens is 2. The number of halogens is 2. The van der Waals surface area contributed by atoms with Crippen molar-refractivity contribution >= 4 is 10.0 Å². The minimum Gasteiger partial charge on any atom is -0.236 e. The van der Waals surface area contributed by atoms with Crippen LogP contribution < -0.4 is 5.14 Å². The zero-order valence-electron chi connectivity index (χ0n) is 13.0. The molecule has 24 heavy (non-hydrogen) atoms. The van der Waals surface area contributed by atoms with Gasteiger partial charge in [0, 0.05) is 11.6 Å². The van der Waals surface area contributed by atoms with Gasteiger partial charge < -0.3 is 0 Å². The van der Waals surface area contributed by atoms with Crippen LogP contribution in [0, 0.1) is 0 Å². The normalized spacial score (nSPS) is 16.7. The number of sulfonamides is 1. The second-order valence-corrected chi connectivity index (χ2v) is 7.58. The smallest absolute Gasteiger partial charge is 0.236 e. The molecule has 0 amide bonds. The zero-order chi connectivity index (χ0) is 17.3. The fraction of sp³-hybridized carbons (Fsp3) is 0.438. The number of hydrogen-bond acceptors (Lipinski definition) is 3. The van der Waals surface area contributed by atoms with Gasteiger partial charge in [-0.2, -0.15) is 5.10 Å². The molecule has 1 fully saturated rings. The molecule has 8 heteroatoms. The first-order valence-corrected chi connectivity index (χ1v) is 9.43. The minimum absolute atomic E-state index is 0.0901. The molecule has 3 rings (SSSR count). The van der Waals surface area contributed by atoms with Crippen LogP contribution in [0.2, 0.25) is 0 Å². The van der Waals surface area contributed by atoms with Crippen LogP contribution in [0.4, 0.5) is 8.78 Å². The third-order valence-corrected chi connectivity index (χ3v) is 5.36. The zero-order valence-corrected chi connectivity index (χ0v) is 13.8. The van der Waals surface area contributed by atoms with Crippen molar-refractivity contribution in [3.8, 4) is 5.69 Å². The van der Waals surface area contributed by atoms with Gasteiger partial charge in [-0.05, 0) is 31.0 Å². The number of para-hydroxylation sites is 1. The molecule has 0 aliphatic heterocycles. The summed E-state index contributed by atoms with van der Waals surface area (Å²) >= 11 is 0. The van der Waals surface area contributed by atoms with E-state index in [-0.39, 0.29) is 22.2 Å². The first kappa shape index (κ1) is 17.0. The van der Waals surface area contributed by atoms with Gasteiger partial charge in [0.05, 0.1) is 5.69 Å². The van der Waals surface area contributed by atoms with Crippen molar-refractivity contribution in [2.45, 2.75) is 49.3 Å². The lowest BCUT2D eigenvalue weighted by atomic mass is 9.86. The number of rotatable bonds is 4. The number of alkyl halides is 2. The Morgan fingerprint density at radius 3 is 2.46 bits per heavy atom. The highest BCUT2D eigenvalue weighted by Gasteiger charge is 2.26. The molecule has 1 aromatic carbocycles. The van der Waals surface area contributed by atoms with E-state index in [1.165, 1.54) is 22.9 Å². The Kier molecular flexibility index (Phi) is 4.69. The summed E-state index contributed by atoms with van der Waals surface area (Å²) in [6, 6.07) is 7.47. The van der Waals surface area contributed by atoms with Crippen LogP contribution in [0.5, 0.6) is 0 Å². The van der Waals surface area contributed by atoms with Gasteiger partial charge in [0.25, 0.3) is 6.43 Å². The molecule has 0 radical (unpaired) electrons. The molecule has 1 aliphatic rings. The quantitative estimate of drug-likeness (QED) is 0.912. The van der Waals surface area contributed by atoms with Crippen molar-refractivity contribution in [3.63, 3.8) is 0 Å². The van der Waals surface area contributed by atoms with E-state index in [4.69, 9.17) is 5.14 Å². The molecule has 0 atom stereocenters. The Balaban J connectivity index is 2.17. The van der Waals surface area contributed by atoms with Gasteiger partial charge in [-0.25, -0.2) is 27.0 Å². The van der Waals surface area contributed by atoms with Crippen molar-refractivity contribution in [1.82, 2.24) is 9.78 Å². The van der Waals surface area contributed by atoms with Gasteiger partial charge >= 0.3 is 0 Å². The first-order chi connectivity index (χ1) is 11.4. The molecule has 0 unspecified atom stereocenters. The third kappa shape index (κ3) is 3.34. The Morgan fingerprint density at radius 2 is 1.83 bits per heavy atom. The summed E-state index contributed by atoms with van der Waals surface area (Å²) in [7, 11) is -3.99. The van der Waals surface area contributed by atoms with Gasteiger partial charge in [-0.3, -0.25) is 0 Å². The van der Waals surface area contributed by atoms with E-state index >= 15 is 0 Å². The van der Waals surface area contributed by atoms with Crippen LogP contribution in [-0.2, 0) is 10.0 Å². The second-order valence-electron chi connectivity index (χ2n) is 6.05. The largest absolute Gasteiger partial charge is 0.282 e. The van der Waals surface area contributed by atoms with E-state index in [1.807, 2.05) is 0 Å². The number of primary sulfonamides is 1. The molecule has 2 aromatic rings. The highest BCUT2D eigenvalue weighted by atomic mass is 32.2. The molecule has 5 nitrogen and oxygen atoms in total. The molecular formula is C16H19F2N3O2S. The fourth-order valence-corrected chi connectivity index (χ4v) is 3.99. The molecule has 2 N–H and O–H groups in total. The van der Waals surface area contributed by atoms with Crippen LogP contribution >= 0.6 is 0 Å². The minimum atomic E-state index is -3.99. The second kappa shape index (κ2) is 6.60. The number of hydrogen-bond donors (Lipinski definition) is 1. The van der Waals surface area contributed by atoms with E-state index in [1.54, 1.807) is 12.1 Å². The lowest BCUT2D eigenvalue weighted by Gasteiger charge is -2.23. The van der Waals surface area contributed by atoms with Crippen LogP contribution in [0.3, 0.4) is 0 Å². The maximum absolute atomic E-state index is 13.2. The van der Waals surface area contributed by atoms with E-state index in [2.05, 4.69) is 5.10 Å². The maximum Gasteiger partial charge on any atom is 0.282 e. The van der Waals surface area contributed by atoms with Crippen molar-refractivity contribution in [1.29, 1.82) is 0 Å². The predicted molar refractivity (Wildman–Crippen MR) is 85.7 cm³/mol. The van der Waals surface area contributed by atoms with E-state index in [9.17, 15) is 17.2 Å². The lowest BCUT2D eigenvalue weighted by molar-refractivity contribution is 0.145. The van der Waals surface area contributed by atoms with Crippen LogP contribution in [0.15, 0.2) is 35.2 Å². The van der Waals surface area contributed by atoms with Crippen LogP contribution in [0.1, 0.15) is 55.8 Å². The van der Waals surface area contributed by atoms with Crippen molar-refractivity contribution in [2.75, 3.05) is 0 Å². The Bertz CT molecular complexity index is 828. The van der Waals surface area contributed by atoms with E-state index < -0.39 is 16.4 Å². The maximum atomic E-state index is 13.2. The molecule has 1 aliphatic carbocycles. The molecule has 1 saturated carbocycles. The van der Waals surface area contributed by atoms with E-state index in [0.29, 0.717) is 5.69 Å². The Labute approximate surface area is 139 Å². The van der Waals surface area contributed by atoms with Gasteiger partial charge in [0.2, 0.25) is 10.0 Å². The number of nitrogens with two attached hydrogens (primary N) is 1. The Morgan fingerprint density at radius 1 is 1.17 bits per heavy atom. The van der Waals surface area contributed by atoms with Gasteiger partial charge in [0.1, 0.15) is 10.6 Å². The lowest BCUT2D eigenvalue weighted by Crippen LogP contribution is -2.18. The average molecular weight is 355 g/mol. The van der Waals surface area contributed by atoms with Crippen LogP contribution in [-0.4, -0.2) is 18.2 Å². The van der Waals surface area contributed by atoms with E-state index in [0.717, 1.165) is 32.1 Å². The van der Waals surface area contributed by atoms with Gasteiger partial charge in [-0.15, -0.1) is 0 Å². The molecule has 130 valence electrons. The third-order valence-electron chi connectivity index (χ3n) is 4.40. The predicted octanol–water partition coefficient (Wildman–Crippen LogP) is 3.51. The summed E-state index contributed by atoms with van der Waals surface area (Å²) in [6.45, 7) is 0. The summed E-state index contributed by atoms with van der Waals surface area (Å²) in [5, 5.41) is 9.25. The highest BCUT2D eigenvalue weighted by Crippen LogP contribution is 2.36. The summed E-state index contributed by atoms with van der Waals surface area (Å²) < 4.78 is 51.3. The van der Waals surface area contributed by atoms with Crippen molar-refractivity contribution in [3.05, 3.63) is 41.7 Å². The highest BCUT2D eigenvalue weighted by molar-refractivity contribution is 7.89. The summed E-state index contributed by atoms with van der Waals surface area (Å²) in [5.41, 5.74) is 0.494. The number of benzene rings is 1.